The van der Waals surface area contributed by atoms with E-state index in [1.165, 1.54) is 0 Å². The number of nitrogens with one attached hydrogen (secondary N) is 2. The van der Waals surface area contributed by atoms with Crippen LogP contribution in [0.3, 0.4) is 0 Å². The molecule has 2 atom stereocenters. The van der Waals surface area contributed by atoms with Gasteiger partial charge >= 0.3 is 0 Å². The van der Waals surface area contributed by atoms with Gasteiger partial charge in [-0.1, -0.05) is 81.4 Å². The van der Waals surface area contributed by atoms with Crippen LogP contribution in [-0.4, -0.2) is 42.2 Å². The Kier molecular flexibility index (Phi) is 9.38. The van der Waals surface area contributed by atoms with Gasteiger partial charge in [0.15, 0.2) is 11.6 Å². The average Bonchev–Trinajstić information content (AvgIpc) is 3.32. The molecule has 3 aromatic rings. The predicted octanol–water partition coefficient (Wildman–Crippen LogP) is 5.00. The average molecular weight is 530 g/mol. The lowest BCUT2D eigenvalue weighted by atomic mass is 9.82. The molecule has 0 spiro atoms. The van der Waals surface area contributed by atoms with E-state index in [2.05, 4.69) is 31.6 Å². The molecule has 0 saturated carbocycles. The van der Waals surface area contributed by atoms with Crippen molar-refractivity contribution in [2.45, 2.75) is 51.7 Å². The highest BCUT2D eigenvalue weighted by Gasteiger charge is 2.53. The van der Waals surface area contributed by atoms with Gasteiger partial charge in [0.25, 0.3) is 5.91 Å². The molecule has 4 rings (SSSR count). The fraction of sp³-hybridized carbons (Fsp3) is 0.375. The highest BCUT2D eigenvalue weighted by Crippen LogP contribution is 2.42. The van der Waals surface area contributed by atoms with E-state index >= 15 is 0 Å². The quantitative estimate of drug-likeness (QED) is 0.227. The Labute approximate surface area is 231 Å². The molecule has 1 heterocycles. The van der Waals surface area contributed by atoms with Crippen LogP contribution in [0.2, 0.25) is 0 Å². The first kappa shape index (κ1) is 28.3. The maximum atomic E-state index is 14.1. The lowest BCUT2D eigenvalue weighted by molar-refractivity contribution is -0.130. The van der Waals surface area contributed by atoms with Crippen LogP contribution >= 0.6 is 0 Å². The number of hydrogen-bond donors (Lipinski definition) is 3. The van der Waals surface area contributed by atoms with Crippen LogP contribution in [-0.2, 0) is 16.0 Å². The molecular weight excluding hydrogens is 490 g/mol. The standard InChI is InChI=1S/C32H39N3O4/c1-31(2,3)19-20-33-35-30(37)32(23-24-11-6-4-7-12-24)28(25-13-8-5-9-14-25)39-29(34-32)26-15-17-27(18-16-26)38-22-10-21-36/h4-9,11-18,28,33,36H,10,19-23H2,1-3H3,(H,35,37)/t28-,32-/m0/s1. The Morgan fingerprint density at radius 2 is 1.67 bits per heavy atom. The zero-order valence-corrected chi connectivity index (χ0v) is 23.0. The first-order valence-electron chi connectivity index (χ1n) is 13.5. The third kappa shape index (κ3) is 7.46. The molecule has 0 saturated heterocycles. The summed E-state index contributed by atoms with van der Waals surface area (Å²) in [4.78, 5) is 19.1. The van der Waals surface area contributed by atoms with E-state index < -0.39 is 11.6 Å². The summed E-state index contributed by atoms with van der Waals surface area (Å²) in [5.74, 6) is 0.862. The first-order valence-corrected chi connectivity index (χ1v) is 13.5. The summed E-state index contributed by atoms with van der Waals surface area (Å²) >= 11 is 0. The smallest absolute Gasteiger partial charge is 0.266 e. The Bertz CT molecular complexity index is 1220. The number of hydrogen-bond acceptors (Lipinski definition) is 6. The number of amides is 1. The summed E-state index contributed by atoms with van der Waals surface area (Å²) in [6.45, 7) is 7.67. The SMILES string of the molecule is CC(C)(C)CCNNC(=O)[C@@]1(Cc2ccccc2)N=C(c2ccc(OCCCO)cc2)O[C@H]1c1ccccc1. The second-order valence-electron chi connectivity index (χ2n) is 11.1. The van der Waals surface area contributed by atoms with Crippen LogP contribution < -0.4 is 15.6 Å². The molecule has 0 bridgehead atoms. The molecule has 0 aromatic heterocycles. The predicted molar refractivity (Wildman–Crippen MR) is 154 cm³/mol. The Morgan fingerprint density at radius 3 is 2.31 bits per heavy atom. The second kappa shape index (κ2) is 12.9. The number of carbonyl (C=O) groups excluding carboxylic acids is 1. The summed E-state index contributed by atoms with van der Waals surface area (Å²) in [6, 6.07) is 27.2. The number of rotatable bonds is 12. The highest BCUT2D eigenvalue weighted by molar-refractivity contribution is 6.01. The number of aliphatic hydroxyl groups is 1. The van der Waals surface area contributed by atoms with E-state index in [1.54, 1.807) is 0 Å². The molecule has 3 N–H and O–H groups in total. The number of ether oxygens (including phenoxy) is 2. The Balaban J connectivity index is 1.69. The minimum absolute atomic E-state index is 0.0836. The number of nitrogens with zero attached hydrogens (tertiary/aromatic N) is 1. The van der Waals surface area contributed by atoms with Gasteiger partial charge < -0.3 is 14.6 Å². The van der Waals surface area contributed by atoms with Crippen molar-refractivity contribution in [1.82, 2.24) is 10.9 Å². The van der Waals surface area contributed by atoms with Gasteiger partial charge in [-0.25, -0.2) is 10.4 Å². The highest BCUT2D eigenvalue weighted by atomic mass is 16.5. The summed E-state index contributed by atoms with van der Waals surface area (Å²) in [5.41, 5.74) is 7.61. The lowest BCUT2D eigenvalue weighted by Crippen LogP contribution is -2.54. The first-order chi connectivity index (χ1) is 18.8. The summed E-state index contributed by atoms with van der Waals surface area (Å²) in [7, 11) is 0. The van der Waals surface area contributed by atoms with E-state index in [1.807, 2.05) is 84.9 Å². The maximum absolute atomic E-state index is 14.1. The lowest BCUT2D eigenvalue weighted by Gasteiger charge is -2.31. The third-order valence-corrected chi connectivity index (χ3v) is 6.65. The van der Waals surface area contributed by atoms with E-state index in [0.717, 1.165) is 23.1 Å². The second-order valence-corrected chi connectivity index (χ2v) is 11.1. The molecular formula is C32H39N3O4. The number of hydrazine groups is 1. The molecule has 206 valence electrons. The fourth-order valence-electron chi connectivity index (χ4n) is 4.51. The Hall–Kier alpha value is -3.68. The monoisotopic (exact) mass is 529 g/mol. The fourth-order valence-corrected chi connectivity index (χ4v) is 4.51. The zero-order chi connectivity index (χ0) is 27.7. The molecule has 1 amide bonds. The molecule has 39 heavy (non-hydrogen) atoms. The number of carbonyl (C=O) groups is 1. The molecule has 0 unspecified atom stereocenters. The summed E-state index contributed by atoms with van der Waals surface area (Å²) < 4.78 is 12.2. The van der Waals surface area contributed by atoms with Crippen LogP contribution in [0, 0.1) is 5.41 Å². The van der Waals surface area contributed by atoms with E-state index in [4.69, 9.17) is 19.6 Å². The van der Waals surface area contributed by atoms with E-state index in [0.29, 0.717) is 37.6 Å². The number of aliphatic imine (C=N–C) groups is 1. The van der Waals surface area contributed by atoms with Crippen LogP contribution in [0.1, 0.15) is 56.4 Å². The van der Waals surface area contributed by atoms with Gasteiger partial charge in [-0.05, 0) is 47.2 Å². The molecule has 0 radical (unpaired) electrons. The van der Waals surface area contributed by atoms with Gasteiger partial charge in [-0.2, -0.15) is 0 Å². The normalized spacial score (nSPS) is 18.8. The van der Waals surface area contributed by atoms with Crippen molar-refractivity contribution in [3.63, 3.8) is 0 Å². The summed E-state index contributed by atoms with van der Waals surface area (Å²) in [6.07, 6.45) is 1.21. The van der Waals surface area contributed by atoms with Gasteiger partial charge in [0, 0.05) is 31.6 Å². The summed E-state index contributed by atoms with van der Waals surface area (Å²) in [5, 5.41) is 9.00. The van der Waals surface area contributed by atoms with Crippen LogP contribution in [0.15, 0.2) is 89.9 Å². The molecule has 0 aliphatic carbocycles. The van der Waals surface area contributed by atoms with E-state index in [-0.39, 0.29) is 17.9 Å². The molecule has 7 nitrogen and oxygen atoms in total. The van der Waals surface area contributed by atoms with Crippen molar-refractivity contribution >= 4 is 11.8 Å². The number of aliphatic hydroxyl groups excluding tert-OH is 1. The molecule has 0 fully saturated rings. The number of benzene rings is 3. The van der Waals surface area contributed by atoms with Crippen molar-refractivity contribution in [2.24, 2.45) is 10.4 Å². The van der Waals surface area contributed by atoms with Crippen molar-refractivity contribution in [3.8, 4) is 5.75 Å². The minimum Gasteiger partial charge on any atom is -0.494 e. The largest absolute Gasteiger partial charge is 0.494 e. The van der Waals surface area contributed by atoms with Crippen molar-refractivity contribution in [3.05, 3.63) is 102 Å². The van der Waals surface area contributed by atoms with Gasteiger partial charge in [0.05, 0.1) is 6.61 Å². The van der Waals surface area contributed by atoms with E-state index in [9.17, 15) is 4.79 Å². The molecule has 1 aliphatic rings. The van der Waals surface area contributed by atoms with Crippen molar-refractivity contribution < 1.29 is 19.4 Å². The topological polar surface area (TPSA) is 92.2 Å². The third-order valence-electron chi connectivity index (χ3n) is 6.65. The van der Waals surface area contributed by atoms with Crippen molar-refractivity contribution in [2.75, 3.05) is 19.8 Å². The van der Waals surface area contributed by atoms with Crippen molar-refractivity contribution in [1.29, 1.82) is 0 Å². The van der Waals surface area contributed by atoms with Gasteiger partial charge in [-0.15, -0.1) is 0 Å². The zero-order valence-electron chi connectivity index (χ0n) is 23.0. The minimum atomic E-state index is -1.23. The van der Waals surface area contributed by atoms with Crippen LogP contribution in [0.25, 0.3) is 0 Å². The molecule has 3 aromatic carbocycles. The Morgan fingerprint density at radius 1 is 1.00 bits per heavy atom. The van der Waals surface area contributed by atoms with Crippen LogP contribution in [0.5, 0.6) is 5.75 Å². The maximum Gasteiger partial charge on any atom is 0.266 e. The molecule has 1 aliphatic heterocycles. The van der Waals surface area contributed by atoms with Gasteiger partial charge in [0.1, 0.15) is 5.75 Å². The van der Waals surface area contributed by atoms with Gasteiger partial charge in [-0.3, -0.25) is 10.2 Å². The van der Waals surface area contributed by atoms with Gasteiger partial charge in [0.2, 0.25) is 5.90 Å². The molecule has 7 heteroatoms. The van der Waals surface area contributed by atoms with Crippen LogP contribution in [0.4, 0.5) is 0 Å².